The molecular weight excluding hydrogens is 340 g/mol. The van der Waals surface area contributed by atoms with Crippen LogP contribution in [0.1, 0.15) is 26.2 Å². The van der Waals surface area contributed by atoms with Gasteiger partial charge >= 0.3 is 11.9 Å². The second kappa shape index (κ2) is 8.89. The molecule has 0 saturated carbocycles. The number of carboxylic acid groups (broad SMARTS) is 2. The van der Waals surface area contributed by atoms with Gasteiger partial charge in [0.15, 0.2) is 0 Å². The summed E-state index contributed by atoms with van der Waals surface area (Å²) in [6.45, 7) is 1.38. The van der Waals surface area contributed by atoms with Crippen LogP contribution in [0.25, 0.3) is 10.9 Å². The number of carbonyl (C=O) groups is 3. The summed E-state index contributed by atoms with van der Waals surface area (Å²) in [7, 11) is 0. The molecule has 0 aliphatic rings. The van der Waals surface area contributed by atoms with Crippen LogP contribution in [0.5, 0.6) is 5.75 Å². The number of amides is 1. The summed E-state index contributed by atoms with van der Waals surface area (Å²) >= 11 is 0. The third kappa shape index (κ3) is 5.51. The van der Waals surface area contributed by atoms with E-state index in [9.17, 15) is 14.4 Å². The molecule has 2 aromatic rings. The van der Waals surface area contributed by atoms with Crippen LogP contribution >= 0.6 is 0 Å². The molecule has 0 spiro atoms. The predicted molar refractivity (Wildman–Crippen MR) is 94.0 cm³/mol. The van der Waals surface area contributed by atoms with Crippen LogP contribution in [0.2, 0.25) is 0 Å². The number of fused-ring (bicyclic) bond motifs is 1. The number of benzene rings is 1. The monoisotopic (exact) mass is 362 g/mol. The van der Waals surface area contributed by atoms with Gasteiger partial charge in [-0.15, -0.1) is 0 Å². The van der Waals surface area contributed by atoms with Gasteiger partial charge in [0, 0.05) is 29.9 Å². The maximum atomic E-state index is 11.2. The lowest BCUT2D eigenvalue weighted by Gasteiger charge is -2.19. The minimum atomic E-state index is -1.15. The van der Waals surface area contributed by atoms with E-state index in [-0.39, 0.29) is 25.4 Å². The fourth-order valence-corrected chi connectivity index (χ4v) is 2.77. The molecule has 0 bridgehead atoms. The molecule has 0 aliphatic heterocycles. The molecular formula is C18H22N2O6. The van der Waals surface area contributed by atoms with Crippen molar-refractivity contribution in [2.45, 2.75) is 32.2 Å². The number of para-hydroxylation sites is 1. The molecule has 26 heavy (non-hydrogen) atoms. The first-order chi connectivity index (χ1) is 12.4. The van der Waals surface area contributed by atoms with Gasteiger partial charge in [-0.25, -0.2) is 4.79 Å². The minimum absolute atomic E-state index is 0.129. The summed E-state index contributed by atoms with van der Waals surface area (Å²) in [5, 5.41) is 21.5. The van der Waals surface area contributed by atoms with Gasteiger partial charge in [-0.2, -0.15) is 0 Å². The number of H-pyrrole nitrogens is 1. The number of rotatable bonds is 10. The van der Waals surface area contributed by atoms with E-state index in [2.05, 4.69) is 10.3 Å². The van der Waals surface area contributed by atoms with Crippen molar-refractivity contribution >= 4 is 28.7 Å². The van der Waals surface area contributed by atoms with Crippen molar-refractivity contribution in [1.82, 2.24) is 10.3 Å². The van der Waals surface area contributed by atoms with Gasteiger partial charge in [0.1, 0.15) is 11.8 Å². The molecule has 2 unspecified atom stereocenters. The Morgan fingerprint density at radius 2 is 1.92 bits per heavy atom. The maximum absolute atomic E-state index is 11.2. The molecule has 1 aromatic carbocycles. The molecule has 0 fully saturated rings. The molecule has 140 valence electrons. The Morgan fingerprint density at radius 3 is 2.58 bits per heavy atom. The number of hydrogen-bond acceptors (Lipinski definition) is 4. The molecule has 2 atom stereocenters. The fraction of sp³-hybridized carbons (Fsp3) is 0.389. The first-order valence-corrected chi connectivity index (χ1v) is 8.27. The summed E-state index contributed by atoms with van der Waals surface area (Å²) in [5.74, 6) is -2.33. The minimum Gasteiger partial charge on any atom is -0.491 e. The number of carbonyl (C=O) groups excluding carboxylic acids is 1. The SMILES string of the molecule is CC(=O)NC(CCC(COc1c[nH]c2ccccc12)CC(=O)O)C(=O)O. The molecule has 0 saturated heterocycles. The number of aliphatic carboxylic acids is 2. The Hall–Kier alpha value is -3.03. The standard InChI is InChI=1S/C18H22N2O6/c1-11(21)20-15(18(24)25)7-6-12(8-17(22)23)10-26-16-9-19-14-5-3-2-4-13(14)16/h2-5,9,12,15,19H,6-8,10H2,1H3,(H,20,21)(H,22,23)(H,24,25). The van der Waals surface area contributed by atoms with Crippen molar-refractivity contribution in [3.8, 4) is 5.75 Å². The third-order valence-corrected chi connectivity index (χ3v) is 4.03. The van der Waals surface area contributed by atoms with Gasteiger partial charge in [-0.05, 0) is 25.0 Å². The summed E-state index contributed by atoms with van der Waals surface area (Å²) in [6.07, 6.45) is 1.99. The van der Waals surface area contributed by atoms with E-state index in [0.717, 1.165) is 10.9 Å². The van der Waals surface area contributed by atoms with Gasteiger partial charge in [0.25, 0.3) is 0 Å². The molecule has 2 rings (SSSR count). The quantitative estimate of drug-likeness (QED) is 0.512. The van der Waals surface area contributed by atoms with Crippen molar-refractivity contribution in [2.75, 3.05) is 6.61 Å². The zero-order valence-corrected chi connectivity index (χ0v) is 14.4. The highest BCUT2D eigenvalue weighted by molar-refractivity contribution is 5.86. The smallest absolute Gasteiger partial charge is 0.326 e. The molecule has 1 aromatic heterocycles. The summed E-state index contributed by atoms with van der Waals surface area (Å²) < 4.78 is 5.77. The highest BCUT2D eigenvalue weighted by Gasteiger charge is 2.22. The molecule has 4 N–H and O–H groups in total. The topological polar surface area (TPSA) is 129 Å². The van der Waals surface area contributed by atoms with Crippen molar-refractivity contribution < 1.29 is 29.3 Å². The van der Waals surface area contributed by atoms with Crippen molar-refractivity contribution in [1.29, 1.82) is 0 Å². The number of hydrogen-bond donors (Lipinski definition) is 4. The van der Waals surface area contributed by atoms with Crippen LogP contribution in [0.3, 0.4) is 0 Å². The molecule has 1 heterocycles. The van der Waals surface area contributed by atoms with Crippen molar-refractivity contribution in [3.05, 3.63) is 30.5 Å². The maximum Gasteiger partial charge on any atom is 0.326 e. The lowest BCUT2D eigenvalue weighted by atomic mass is 9.97. The van der Waals surface area contributed by atoms with E-state index in [1.54, 1.807) is 6.20 Å². The van der Waals surface area contributed by atoms with Crippen LogP contribution in [-0.2, 0) is 14.4 Å². The van der Waals surface area contributed by atoms with E-state index in [1.165, 1.54) is 6.92 Å². The molecule has 1 amide bonds. The third-order valence-electron chi connectivity index (χ3n) is 4.03. The first kappa shape index (κ1) is 19.3. The van der Waals surface area contributed by atoms with Crippen LogP contribution in [0.4, 0.5) is 0 Å². The Labute approximate surface area is 150 Å². The van der Waals surface area contributed by atoms with E-state index in [0.29, 0.717) is 12.2 Å². The number of aromatic amines is 1. The van der Waals surface area contributed by atoms with Gasteiger partial charge in [0.2, 0.25) is 5.91 Å². The predicted octanol–water partition coefficient (Wildman–Crippen LogP) is 2.01. The Kier molecular flexibility index (Phi) is 6.60. The van der Waals surface area contributed by atoms with E-state index >= 15 is 0 Å². The first-order valence-electron chi connectivity index (χ1n) is 8.27. The second-order valence-electron chi connectivity index (χ2n) is 6.14. The highest BCUT2D eigenvalue weighted by Crippen LogP contribution is 2.26. The van der Waals surface area contributed by atoms with Crippen molar-refractivity contribution in [2.24, 2.45) is 5.92 Å². The Morgan fingerprint density at radius 1 is 1.19 bits per heavy atom. The van der Waals surface area contributed by atoms with Gasteiger partial charge in [-0.1, -0.05) is 12.1 Å². The Balaban J connectivity index is 1.99. The van der Waals surface area contributed by atoms with Crippen LogP contribution in [-0.4, -0.2) is 45.7 Å². The average Bonchev–Trinajstić information content (AvgIpc) is 2.98. The number of carboxylic acids is 2. The molecule has 8 heteroatoms. The highest BCUT2D eigenvalue weighted by atomic mass is 16.5. The zero-order valence-electron chi connectivity index (χ0n) is 14.4. The number of aromatic nitrogens is 1. The zero-order chi connectivity index (χ0) is 19.1. The second-order valence-corrected chi connectivity index (χ2v) is 6.14. The van der Waals surface area contributed by atoms with E-state index < -0.39 is 23.9 Å². The van der Waals surface area contributed by atoms with E-state index in [4.69, 9.17) is 14.9 Å². The number of nitrogens with one attached hydrogen (secondary N) is 2. The summed E-state index contributed by atoms with van der Waals surface area (Å²) in [4.78, 5) is 36.4. The lowest BCUT2D eigenvalue weighted by Crippen LogP contribution is -2.40. The van der Waals surface area contributed by atoms with Crippen LogP contribution < -0.4 is 10.1 Å². The molecule has 0 radical (unpaired) electrons. The fourth-order valence-electron chi connectivity index (χ4n) is 2.77. The van der Waals surface area contributed by atoms with Gasteiger partial charge < -0.3 is 25.3 Å². The van der Waals surface area contributed by atoms with E-state index in [1.807, 2.05) is 24.3 Å². The molecule has 8 nitrogen and oxygen atoms in total. The van der Waals surface area contributed by atoms with Crippen molar-refractivity contribution in [3.63, 3.8) is 0 Å². The van der Waals surface area contributed by atoms with Crippen LogP contribution in [0.15, 0.2) is 30.5 Å². The number of ether oxygens (including phenoxy) is 1. The lowest BCUT2D eigenvalue weighted by molar-refractivity contribution is -0.141. The van der Waals surface area contributed by atoms with Gasteiger partial charge in [0.05, 0.1) is 13.0 Å². The Bertz CT molecular complexity index is 785. The average molecular weight is 362 g/mol. The van der Waals surface area contributed by atoms with Crippen LogP contribution in [0, 0.1) is 5.92 Å². The summed E-state index contributed by atoms with van der Waals surface area (Å²) in [6, 6.07) is 6.52. The molecule has 0 aliphatic carbocycles. The normalized spacial score (nSPS) is 13.1. The largest absolute Gasteiger partial charge is 0.491 e. The summed E-state index contributed by atoms with van der Waals surface area (Å²) in [5.41, 5.74) is 0.911. The van der Waals surface area contributed by atoms with Gasteiger partial charge in [-0.3, -0.25) is 9.59 Å².